The molecule has 2 aliphatic rings. The first-order chi connectivity index (χ1) is 15.4. The summed E-state index contributed by atoms with van der Waals surface area (Å²) in [6.07, 6.45) is 6.94. The minimum absolute atomic E-state index is 0.0540. The molecule has 172 valence electrons. The molecule has 0 radical (unpaired) electrons. The van der Waals surface area contributed by atoms with Crippen molar-refractivity contribution in [2.45, 2.75) is 39.3 Å². The topological polar surface area (TPSA) is 89.5 Å². The van der Waals surface area contributed by atoms with Gasteiger partial charge in [0.1, 0.15) is 5.82 Å². The third-order valence-electron chi connectivity index (χ3n) is 6.11. The minimum Gasteiger partial charge on any atom is -0.483 e. The van der Waals surface area contributed by atoms with Gasteiger partial charge in [-0.15, -0.1) is 0 Å². The molecule has 2 N–H and O–H groups in total. The molecule has 1 aromatic heterocycles. The second-order valence-electron chi connectivity index (χ2n) is 8.67. The lowest BCUT2D eigenvalue weighted by atomic mass is 9.89. The van der Waals surface area contributed by atoms with Crippen molar-refractivity contribution in [1.29, 1.82) is 0 Å². The van der Waals surface area contributed by atoms with Gasteiger partial charge in [0.2, 0.25) is 5.91 Å². The fourth-order valence-electron chi connectivity index (χ4n) is 4.88. The fraction of sp³-hybridized carbons (Fsp3) is 0.458. The number of aromatic nitrogens is 2. The summed E-state index contributed by atoms with van der Waals surface area (Å²) in [7, 11) is 0. The summed E-state index contributed by atoms with van der Waals surface area (Å²) in [4.78, 5) is 33.1. The van der Waals surface area contributed by atoms with Crippen molar-refractivity contribution in [1.82, 2.24) is 19.8 Å². The summed E-state index contributed by atoms with van der Waals surface area (Å²) in [6.45, 7) is 7.29. The van der Waals surface area contributed by atoms with Gasteiger partial charge < -0.3 is 15.0 Å². The Kier molecular flexibility index (Phi) is 8.16. The van der Waals surface area contributed by atoms with Crippen LogP contribution in [0.1, 0.15) is 44.0 Å². The summed E-state index contributed by atoms with van der Waals surface area (Å²) in [6, 6.07) is 6.73. The van der Waals surface area contributed by atoms with E-state index in [2.05, 4.69) is 34.8 Å². The van der Waals surface area contributed by atoms with Crippen LogP contribution in [0.5, 0.6) is 0 Å². The summed E-state index contributed by atoms with van der Waals surface area (Å²) in [5.74, 6) is 0.673. The number of H-pyrrole nitrogens is 1. The number of carbonyl (C=O) groups is 2. The molecule has 2 saturated heterocycles. The van der Waals surface area contributed by atoms with Gasteiger partial charge in [-0.2, -0.15) is 0 Å². The van der Waals surface area contributed by atoms with Crippen LogP contribution in [0, 0.1) is 17.7 Å². The second-order valence-corrected chi connectivity index (χ2v) is 8.67. The molecule has 0 unspecified atom stereocenters. The van der Waals surface area contributed by atoms with Gasteiger partial charge in [0, 0.05) is 50.4 Å². The predicted octanol–water partition coefficient (Wildman–Crippen LogP) is 3.63. The van der Waals surface area contributed by atoms with Crippen molar-refractivity contribution in [2.24, 2.45) is 11.8 Å². The molecule has 3 atom stereocenters. The van der Waals surface area contributed by atoms with Crippen molar-refractivity contribution in [3.05, 3.63) is 65.5 Å². The number of rotatable bonds is 6. The molecule has 7 nitrogen and oxygen atoms in total. The monoisotopic (exact) mass is 442 g/mol. The molecule has 3 heterocycles. The van der Waals surface area contributed by atoms with Crippen molar-refractivity contribution in [3.63, 3.8) is 0 Å². The zero-order valence-corrected chi connectivity index (χ0v) is 18.6. The largest absolute Gasteiger partial charge is 0.483 e. The van der Waals surface area contributed by atoms with Crippen LogP contribution in [-0.2, 0) is 16.1 Å². The Bertz CT molecular complexity index is 927. The lowest BCUT2D eigenvalue weighted by Gasteiger charge is -2.30. The lowest BCUT2D eigenvalue weighted by Crippen LogP contribution is -2.35. The average Bonchev–Trinajstić information content (AvgIpc) is 3.45. The highest BCUT2D eigenvalue weighted by molar-refractivity contribution is 5.77. The Morgan fingerprint density at radius 1 is 1.31 bits per heavy atom. The molecule has 2 fully saturated rings. The molecule has 1 amide bonds. The van der Waals surface area contributed by atoms with E-state index in [-0.39, 0.29) is 24.2 Å². The standard InChI is InChI=1S/C23H29FN4O.CH2O2/c1-16(2)5-3-8-22(29)28-12-18-11-27(13-20-10-25-15-26-20)14-21(18)23(28)17-6-4-7-19(24)9-17;2-1-3/h4-7,9-10,15,18,21,23H,3,8,11-14H2,1-2H3,(H,25,26);1H,(H,2,3)/t18-,21-,23+;/m0./s1. The molecular formula is C24H31FN4O3. The number of hydrogen-bond acceptors (Lipinski definition) is 4. The van der Waals surface area contributed by atoms with Gasteiger partial charge >= 0.3 is 0 Å². The number of aromatic amines is 1. The number of nitrogens with zero attached hydrogens (tertiary/aromatic N) is 3. The predicted molar refractivity (Wildman–Crippen MR) is 119 cm³/mol. The van der Waals surface area contributed by atoms with Gasteiger partial charge in [0.05, 0.1) is 12.4 Å². The van der Waals surface area contributed by atoms with E-state index in [4.69, 9.17) is 9.90 Å². The Morgan fingerprint density at radius 3 is 2.75 bits per heavy atom. The molecule has 2 aromatic rings. The summed E-state index contributed by atoms with van der Waals surface area (Å²) >= 11 is 0. The van der Waals surface area contributed by atoms with Crippen LogP contribution in [0.25, 0.3) is 0 Å². The summed E-state index contributed by atoms with van der Waals surface area (Å²) in [5, 5.41) is 6.89. The maximum atomic E-state index is 14.0. The highest BCUT2D eigenvalue weighted by Crippen LogP contribution is 2.45. The maximum Gasteiger partial charge on any atom is 0.290 e. The SMILES string of the molecule is CC(C)=CCCC(=O)N1C[C@@H]2CN(Cc3cnc[nH]3)C[C@@H]2[C@H]1c1cccc(F)c1.O=CO. The van der Waals surface area contributed by atoms with Gasteiger partial charge in [0.25, 0.3) is 6.47 Å². The average molecular weight is 443 g/mol. The number of fused-ring (bicyclic) bond motifs is 1. The Labute approximate surface area is 187 Å². The number of hydrogen-bond donors (Lipinski definition) is 2. The third kappa shape index (κ3) is 5.82. The number of allylic oxidation sites excluding steroid dienone is 2. The Hall–Kier alpha value is -3.00. The molecule has 0 aliphatic carbocycles. The molecule has 0 spiro atoms. The number of carboxylic acid groups (broad SMARTS) is 1. The normalized spacial score (nSPS) is 22.1. The van der Waals surface area contributed by atoms with E-state index in [1.807, 2.05) is 17.2 Å². The van der Waals surface area contributed by atoms with Gasteiger partial charge in [-0.05, 0) is 43.9 Å². The van der Waals surface area contributed by atoms with E-state index in [9.17, 15) is 9.18 Å². The van der Waals surface area contributed by atoms with Crippen molar-refractivity contribution < 1.29 is 19.1 Å². The smallest absolute Gasteiger partial charge is 0.290 e. The van der Waals surface area contributed by atoms with Crippen LogP contribution in [0.15, 0.2) is 48.4 Å². The molecule has 4 rings (SSSR count). The quantitative estimate of drug-likeness (QED) is 0.527. The maximum absolute atomic E-state index is 14.0. The lowest BCUT2D eigenvalue weighted by molar-refractivity contribution is -0.132. The number of benzene rings is 1. The first-order valence-corrected chi connectivity index (χ1v) is 10.9. The fourth-order valence-corrected chi connectivity index (χ4v) is 4.88. The highest BCUT2D eigenvalue weighted by atomic mass is 19.1. The third-order valence-corrected chi connectivity index (χ3v) is 6.11. The van der Waals surface area contributed by atoms with Crippen molar-refractivity contribution in [2.75, 3.05) is 19.6 Å². The van der Waals surface area contributed by atoms with E-state index < -0.39 is 0 Å². The number of carbonyl (C=O) groups excluding carboxylic acids is 1. The first-order valence-electron chi connectivity index (χ1n) is 10.9. The number of amides is 1. The Balaban J connectivity index is 0.000000913. The number of imidazole rings is 1. The van der Waals surface area contributed by atoms with Crippen molar-refractivity contribution in [3.8, 4) is 0 Å². The van der Waals surface area contributed by atoms with Crippen LogP contribution >= 0.6 is 0 Å². The van der Waals surface area contributed by atoms with Crippen LogP contribution in [0.2, 0.25) is 0 Å². The van der Waals surface area contributed by atoms with Crippen LogP contribution in [-0.4, -0.2) is 56.9 Å². The van der Waals surface area contributed by atoms with Gasteiger partial charge in [-0.25, -0.2) is 9.37 Å². The molecular weight excluding hydrogens is 411 g/mol. The van der Waals surface area contributed by atoms with Crippen LogP contribution in [0.3, 0.4) is 0 Å². The number of halogens is 1. The van der Waals surface area contributed by atoms with Crippen LogP contribution in [0.4, 0.5) is 4.39 Å². The molecule has 0 saturated carbocycles. The van der Waals surface area contributed by atoms with Gasteiger partial charge in [0.15, 0.2) is 0 Å². The van der Waals surface area contributed by atoms with Gasteiger partial charge in [-0.3, -0.25) is 14.5 Å². The molecule has 0 bridgehead atoms. The zero-order valence-electron chi connectivity index (χ0n) is 18.6. The minimum atomic E-state index is -0.250. The van der Waals surface area contributed by atoms with E-state index >= 15 is 0 Å². The molecule has 32 heavy (non-hydrogen) atoms. The molecule has 8 heteroatoms. The summed E-state index contributed by atoms with van der Waals surface area (Å²) < 4.78 is 14.0. The highest BCUT2D eigenvalue weighted by Gasteiger charge is 2.48. The Morgan fingerprint density at radius 2 is 2.09 bits per heavy atom. The zero-order chi connectivity index (χ0) is 23.1. The summed E-state index contributed by atoms with van der Waals surface area (Å²) in [5.41, 5.74) is 3.24. The number of likely N-dealkylation sites (tertiary alicyclic amines) is 2. The van der Waals surface area contributed by atoms with Crippen molar-refractivity contribution >= 4 is 12.4 Å². The first kappa shape index (κ1) is 23.7. The second kappa shape index (κ2) is 11.0. The van der Waals surface area contributed by atoms with Crippen LogP contribution < -0.4 is 0 Å². The molecule has 1 aromatic carbocycles. The molecule has 2 aliphatic heterocycles. The van der Waals surface area contributed by atoms with E-state index in [0.29, 0.717) is 18.3 Å². The number of nitrogens with one attached hydrogen (secondary N) is 1. The van der Waals surface area contributed by atoms with E-state index in [0.717, 1.165) is 43.9 Å². The van der Waals surface area contributed by atoms with E-state index in [1.165, 1.54) is 11.6 Å². The van der Waals surface area contributed by atoms with Gasteiger partial charge in [-0.1, -0.05) is 23.8 Å². The van der Waals surface area contributed by atoms with E-state index in [1.54, 1.807) is 18.5 Å².